The molecule has 0 radical (unpaired) electrons. The van der Waals surface area contributed by atoms with E-state index < -0.39 is 41.2 Å². The highest BCUT2D eigenvalue weighted by molar-refractivity contribution is 5.16. The third kappa shape index (κ3) is 2.32. The minimum atomic E-state index is -7.04. The van der Waals surface area contributed by atoms with Crippen molar-refractivity contribution < 1.29 is 54.1 Å². The van der Waals surface area contributed by atoms with Crippen LogP contribution in [0.1, 0.15) is 19.8 Å². The van der Waals surface area contributed by atoms with Crippen LogP contribution >= 0.6 is 0 Å². The molecule has 1 saturated carbocycles. The summed E-state index contributed by atoms with van der Waals surface area (Å²) < 4.78 is 127. The van der Waals surface area contributed by atoms with Crippen LogP contribution in [0.2, 0.25) is 0 Å². The van der Waals surface area contributed by atoms with Gasteiger partial charge in [0, 0.05) is 0 Å². The van der Waals surface area contributed by atoms with Gasteiger partial charge in [-0.15, -0.1) is 0 Å². The van der Waals surface area contributed by atoms with Crippen LogP contribution in [0.15, 0.2) is 0 Å². The summed E-state index contributed by atoms with van der Waals surface area (Å²) >= 11 is 0. The fraction of sp³-hybridized carbons (Fsp3) is 1.00. The van der Waals surface area contributed by atoms with Gasteiger partial charge in [0.2, 0.25) is 0 Å². The summed E-state index contributed by atoms with van der Waals surface area (Å²) in [7, 11) is 0. The molecule has 2 rings (SSSR count). The van der Waals surface area contributed by atoms with Crippen LogP contribution in [0, 0.1) is 5.41 Å². The second-order valence-corrected chi connectivity index (χ2v) is 5.97. The highest BCUT2D eigenvalue weighted by Gasteiger charge is 2.86. The molecule has 1 N–H and O–H groups in total. The third-order valence-corrected chi connectivity index (χ3v) is 4.57. The Morgan fingerprint density at radius 3 is 1.58 bits per heavy atom. The molecule has 0 bridgehead atoms. The highest BCUT2D eigenvalue weighted by Crippen LogP contribution is 2.65. The lowest BCUT2D eigenvalue weighted by Crippen LogP contribution is -2.67. The standard InChI is InChI=1S/C12H13F9O3/c1-7(23-4-5-24-7)8(2-3-8)6(22)9(13,14)10(15,16)11(17,18)12(19,20)21/h6,22H,2-5H2,1H3. The van der Waals surface area contributed by atoms with E-state index in [9.17, 15) is 44.6 Å². The number of halogens is 9. The van der Waals surface area contributed by atoms with Crippen LogP contribution in [0.3, 0.4) is 0 Å². The van der Waals surface area contributed by atoms with E-state index in [2.05, 4.69) is 0 Å². The fourth-order valence-electron chi connectivity index (χ4n) is 2.82. The van der Waals surface area contributed by atoms with Crippen LogP contribution in [-0.4, -0.2) is 54.2 Å². The first-order valence-corrected chi connectivity index (χ1v) is 6.73. The molecule has 1 aliphatic heterocycles. The first-order valence-electron chi connectivity index (χ1n) is 6.73. The zero-order valence-corrected chi connectivity index (χ0v) is 12.1. The van der Waals surface area contributed by atoms with E-state index in [1.165, 1.54) is 0 Å². The number of aliphatic hydroxyl groups is 1. The van der Waals surface area contributed by atoms with Gasteiger partial charge in [-0.25, -0.2) is 0 Å². The molecule has 1 saturated heterocycles. The molecule has 24 heavy (non-hydrogen) atoms. The van der Waals surface area contributed by atoms with Crippen molar-refractivity contribution >= 4 is 0 Å². The average Bonchev–Trinajstić information content (AvgIpc) is 3.13. The average molecular weight is 376 g/mol. The molecule has 142 valence electrons. The lowest BCUT2D eigenvalue weighted by molar-refractivity contribution is -0.413. The number of alkyl halides is 9. The summed E-state index contributed by atoms with van der Waals surface area (Å²) in [6, 6.07) is 0. The molecule has 12 heteroatoms. The van der Waals surface area contributed by atoms with Crippen LogP contribution < -0.4 is 0 Å². The molecule has 2 aliphatic rings. The Bertz CT molecular complexity index is 492. The van der Waals surface area contributed by atoms with E-state index in [4.69, 9.17) is 9.47 Å². The third-order valence-electron chi connectivity index (χ3n) is 4.57. The zero-order valence-electron chi connectivity index (χ0n) is 12.1. The van der Waals surface area contributed by atoms with Gasteiger partial charge in [-0.3, -0.25) is 0 Å². The van der Waals surface area contributed by atoms with Crippen molar-refractivity contribution in [3.8, 4) is 0 Å². The molecule has 2 fully saturated rings. The molecule has 1 atom stereocenters. The Morgan fingerprint density at radius 1 is 0.833 bits per heavy atom. The zero-order chi connectivity index (χ0) is 18.8. The molecule has 1 aliphatic carbocycles. The monoisotopic (exact) mass is 376 g/mol. The highest BCUT2D eigenvalue weighted by atomic mass is 19.4. The lowest BCUT2D eigenvalue weighted by atomic mass is 9.82. The van der Waals surface area contributed by atoms with E-state index in [1.54, 1.807) is 0 Å². The smallest absolute Gasteiger partial charge is 0.386 e. The summed E-state index contributed by atoms with van der Waals surface area (Å²) in [6.07, 6.45) is -11.2. The summed E-state index contributed by atoms with van der Waals surface area (Å²) in [4.78, 5) is 0. The quantitative estimate of drug-likeness (QED) is 0.748. The van der Waals surface area contributed by atoms with Crippen molar-refractivity contribution in [2.24, 2.45) is 5.41 Å². The topological polar surface area (TPSA) is 38.7 Å². The summed E-state index contributed by atoms with van der Waals surface area (Å²) in [6.45, 7) is 0.767. The molecule has 0 aromatic heterocycles. The first-order chi connectivity index (χ1) is 10.6. The Labute approximate surface area is 129 Å². The van der Waals surface area contributed by atoms with Crippen molar-refractivity contribution in [1.29, 1.82) is 0 Å². The van der Waals surface area contributed by atoms with Crippen LogP contribution in [-0.2, 0) is 9.47 Å². The Hall–Kier alpha value is -0.750. The number of ether oxygens (including phenoxy) is 2. The SMILES string of the molecule is CC1(C2(C(O)C(F)(F)C(F)(F)C(F)(F)C(F)(F)F)CC2)OCCO1. The van der Waals surface area contributed by atoms with Crippen molar-refractivity contribution in [2.45, 2.75) is 55.6 Å². The molecule has 0 aromatic rings. The molecule has 0 amide bonds. The normalized spacial score (nSPS) is 25.6. The van der Waals surface area contributed by atoms with Gasteiger partial charge >= 0.3 is 23.9 Å². The van der Waals surface area contributed by atoms with E-state index in [-0.39, 0.29) is 26.1 Å². The van der Waals surface area contributed by atoms with Crippen molar-refractivity contribution in [3.63, 3.8) is 0 Å². The van der Waals surface area contributed by atoms with Gasteiger partial charge in [0.05, 0.1) is 18.6 Å². The van der Waals surface area contributed by atoms with Crippen LogP contribution in [0.4, 0.5) is 39.5 Å². The van der Waals surface area contributed by atoms with Gasteiger partial charge in [-0.05, 0) is 19.8 Å². The Kier molecular flexibility index (Phi) is 4.18. The minimum Gasteiger partial charge on any atom is -0.386 e. The van der Waals surface area contributed by atoms with E-state index in [1.807, 2.05) is 0 Å². The van der Waals surface area contributed by atoms with Crippen LogP contribution in [0.5, 0.6) is 0 Å². The molecule has 3 nitrogen and oxygen atoms in total. The maximum atomic E-state index is 13.9. The van der Waals surface area contributed by atoms with Gasteiger partial charge in [0.1, 0.15) is 6.10 Å². The largest absolute Gasteiger partial charge is 0.460 e. The first kappa shape index (κ1) is 19.6. The van der Waals surface area contributed by atoms with Crippen molar-refractivity contribution in [3.05, 3.63) is 0 Å². The maximum absolute atomic E-state index is 13.9. The number of rotatable bonds is 5. The number of hydrogen-bond donors (Lipinski definition) is 1. The van der Waals surface area contributed by atoms with Crippen molar-refractivity contribution in [1.82, 2.24) is 0 Å². The van der Waals surface area contributed by atoms with E-state index >= 15 is 0 Å². The summed E-state index contributed by atoms with van der Waals surface area (Å²) in [5.74, 6) is -22.0. The molecule has 1 unspecified atom stereocenters. The predicted octanol–water partition coefficient (Wildman–Crippen LogP) is 3.36. The van der Waals surface area contributed by atoms with Gasteiger partial charge in [0.15, 0.2) is 5.79 Å². The summed E-state index contributed by atoms with van der Waals surface area (Å²) in [5.41, 5.74) is -2.21. The molecular weight excluding hydrogens is 363 g/mol. The molecule has 1 heterocycles. The number of hydrogen-bond acceptors (Lipinski definition) is 3. The van der Waals surface area contributed by atoms with E-state index in [0.29, 0.717) is 0 Å². The molecule has 0 spiro atoms. The summed E-state index contributed by atoms with van der Waals surface area (Å²) in [5, 5.41) is 9.67. The Balaban J connectivity index is 2.39. The Morgan fingerprint density at radius 2 is 1.25 bits per heavy atom. The lowest BCUT2D eigenvalue weighted by Gasteiger charge is -2.42. The second-order valence-electron chi connectivity index (χ2n) is 5.97. The molecule has 0 aromatic carbocycles. The van der Waals surface area contributed by atoms with Gasteiger partial charge in [0.25, 0.3) is 0 Å². The minimum absolute atomic E-state index is 0.133. The number of aliphatic hydroxyl groups excluding tert-OH is 1. The van der Waals surface area contributed by atoms with Crippen molar-refractivity contribution in [2.75, 3.05) is 13.2 Å². The van der Waals surface area contributed by atoms with Crippen LogP contribution in [0.25, 0.3) is 0 Å². The predicted molar refractivity (Wildman–Crippen MR) is 58.9 cm³/mol. The fourth-order valence-corrected chi connectivity index (χ4v) is 2.82. The maximum Gasteiger partial charge on any atom is 0.460 e. The van der Waals surface area contributed by atoms with Gasteiger partial charge in [-0.2, -0.15) is 39.5 Å². The second kappa shape index (κ2) is 5.13. The van der Waals surface area contributed by atoms with E-state index in [0.717, 1.165) is 6.92 Å². The van der Waals surface area contributed by atoms with Gasteiger partial charge < -0.3 is 14.6 Å². The molecular formula is C12H13F9O3. The van der Waals surface area contributed by atoms with Gasteiger partial charge in [-0.1, -0.05) is 0 Å².